The van der Waals surface area contributed by atoms with Crippen LogP contribution < -0.4 is 15.5 Å². The number of nitrogens with zero attached hydrogens (tertiary/aromatic N) is 5. The molecule has 0 aliphatic carbocycles. The number of hydrogen-bond acceptors (Lipinski definition) is 9. The lowest BCUT2D eigenvalue weighted by Gasteiger charge is -2.35. The van der Waals surface area contributed by atoms with Crippen LogP contribution in [0.2, 0.25) is 5.02 Å². The first kappa shape index (κ1) is 22.5. The number of hydrogen-bond donors (Lipinski definition) is 4. The van der Waals surface area contributed by atoms with Crippen molar-refractivity contribution in [1.82, 2.24) is 19.9 Å². The Balaban J connectivity index is 1.88. The summed E-state index contributed by atoms with van der Waals surface area (Å²) in [6, 6.07) is 5.41. The monoisotopic (exact) mass is 435 g/mol. The molecule has 2 heterocycles. The molecule has 1 saturated heterocycles. The van der Waals surface area contributed by atoms with E-state index in [4.69, 9.17) is 11.6 Å². The molecule has 30 heavy (non-hydrogen) atoms. The Morgan fingerprint density at radius 3 is 2.47 bits per heavy atom. The van der Waals surface area contributed by atoms with Gasteiger partial charge in [-0.2, -0.15) is 15.0 Å². The number of aliphatic hydroxyl groups is 2. The highest BCUT2D eigenvalue weighted by Gasteiger charge is 2.23. The molecule has 0 atom stereocenters. The van der Waals surface area contributed by atoms with Crippen LogP contribution in [0.25, 0.3) is 0 Å². The van der Waals surface area contributed by atoms with Crippen molar-refractivity contribution >= 4 is 35.1 Å². The van der Waals surface area contributed by atoms with Gasteiger partial charge in [0.2, 0.25) is 17.8 Å². The van der Waals surface area contributed by atoms with Crippen molar-refractivity contribution in [2.45, 2.75) is 31.8 Å². The molecule has 2 aromatic rings. The van der Waals surface area contributed by atoms with Gasteiger partial charge in [0, 0.05) is 23.8 Å². The van der Waals surface area contributed by atoms with E-state index in [1.165, 1.54) is 0 Å². The fraction of sp³-hybridized carbons (Fsp3) is 0.550. The van der Waals surface area contributed by atoms with E-state index in [0.717, 1.165) is 37.2 Å². The molecule has 9 nitrogen and oxygen atoms in total. The van der Waals surface area contributed by atoms with Crippen LogP contribution in [0.4, 0.5) is 23.5 Å². The molecule has 0 spiro atoms. The summed E-state index contributed by atoms with van der Waals surface area (Å²) in [5.41, 5.74) is 1.74. The highest BCUT2D eigenvalue weighted by Crippen LogP contribution is 2.25. The summed E-state index contributed by atoms with van der Waals surface area (Å²) in [5.74, 6) is 1.17. The van der Waals surface area contributed by atoms with Gasteiger partial charge in [-0.25, -0.2) is 0 Å². The number of rotatable bonds is 8. The first-order valence-corrected chi connectivity index (χ1v) is 10.5. The lowest BCUT2D eigenvalue weighted by Crippen LogP contribution is -2.42. The van der Waals surface area contributed by atoms with Gasteiger partial charge >= 0.3 is 0 Å². The van der Waals surface area contributed by atoms with Gasteiger partial charge in [-0.05, 0) is 57.6 Å². The second-order valence-electron chi connectivity index (χ2n) is 7.72. The molecule has 1 aromatic carbocycles. The normalized spacial score (nSPS) is 15.4. The standard InChI is InChI=1S/C20H30ClN7O2/c1-13-4-5-14(10-17(13)21)22-18-24-19(23-15(11-29)12-30)26-20(25-18)28(3)16-6-8-27(2)9-7-16/h4-5,10,15-16,29-30H,6-9,11-12H2,1-3H3,(H2,22,23,24,25,26). The summed E-state index contributed by atoms with van der Waals surface area (Å²) in [6.07, 6.45) is 2.04. The predicted octanol–water partition coefficient (Wildman–Crippen LogP) is 1.87. The van der Waals surface area contributed by atoms with Crippen LogP contribution in [0.3, 0.4) is 0 Å². The number of halogens is 1. The van der Waals surface area contributed by atoms with Crippen molar-refractivity contribution in [2.24, 2.45) is 0 Å². The molecular formula is C20H30ClN7O2. The van der Waals surface area contributed by atoms with Crippen molar-refractivity contribution < 1.29 is 10.2 Å². The van der Waals surface area contributed by atoms with E-state index in [-0.39, 0.29) is 19.2 Å². The minimum Gasteiger partial charge on any atom is -0.394 e. The molecule has 0 saturated carbocycles. The Kier molecular flexibility index (Phi) is 7.65. The van der Waals surface area contributed by atoms with Crippen molar-refractivity contribution in [3.05, 3.63) is 28.8 Å². The fourth-order valence-corrected chi connectivity index (χ4v) is 3.50. The van der Waals surface area contributed by atoms with Gasteiger partial charge < -0.3 is 30.6 Å². The smallest absolute Gasteiger partial charge is 0.233 e. The Bertz CT molecular complexity index is 842. The van der Waals surface area contributed by atoms with Crippen LogP contribution in [0, 0.1) is 6.92 Å². The Morgan fingerprint density at radius 2 is 1.83 bits per heavy atom. The predicted molar refractivity (Wildman–Crippen MR) is 120 cm³/mol. The van der Waals surface area contributed by atoms with Gasteiger partial charge in [0.15, 0.2) is 0 Å². The maximum atomic E-state index is 9.42. The van der Waals surface area contributed by atoms with Crippen molar-refractivity contribution in [3.8, 4) is 0 Å². The fourth-order valence-electron chi connectivity index (χ4n) is 3.32. The summed E-state index contributed by atoms with van der Waals surface area (Å²) in [6.45, 7) is 3.51. The number of piperidine rings is 1. The SMILES string of the molecule is Cc1ccc(Nc2nc(NC(CO)CO)nc(N(C)C3CCN(C)CC3)n2)cc1Cl. The van der Waals surface area contributed by atoms with Crippen LogP contribution in [-0.2, 0) is 0 Å². The lowest BCUT2D eigenvalue weighted by molar-refractivity contribution is 0.203. The molecule has 1 fully saturated rings. The number of nitrogens with one attached hydrogen (secondary N) is 2. The van der Waals surface area contributed by atoms with E-state index in [0.29, 0.717) is 23.0 Å². The van der Waals surface area contributed by atoms with Crippen molar-refractivity contribution in [1.29, 1.82) is 0 Å². The highest BCUT2D eigenvalue weighted by molar-refractivity contribution is 6.31. The number of aliphatic hydroxyl groups excluding tert-OH is 2. The zero-order chi connectivity index (χ0) is 21.7. The maximum absolute atomic E-state index is 9.42. The van der Waals surface area contributed by atoms with Crippen molar-refractivity contribution in [2.75, 3.05) is 55.9 Å². The van der Waals surface area contributed by atoms with Gasteiger partial charge in [-0.3, -0.25) is 0 Å². The van der Waals surface area contributed by atoms with E-state index >= 15 is 0 Å². The molecule has 0 unspecified atom stereocenters. The molecule has 10 heteroatoms. The molecular weight excluding hydrogens is 406 g/mol. The summed E-state index contributed by atoms with van der Waals surface area (Å²) in [4.78, 5) is 17.9. The quantitative estimate of drug-likeness (QED) is 0.494. The average molecular weight is 436 g/mol. The average Bonchev–Trinajstić information content (AvgIpc) is 2.74. The van der Waals surface area contributed by atoms with Gasteiger partial charge in [0.05, 0.1) is 19.3 Å². The van der Waals surface area contributed by atoms with E-state index < -0.39 is 6.04 Å². The minimum atomic E-state index is -0.560. The van der Waals surface area contributed by atoms with Gasteiger partial charge in [-0.1, -0.05) is 17.7 Å². The number of benzene rings is 1. The van der Waals surface area contributed by atoms with Crippen LogP contribution in [0.1, 0.15) is 18.4 Å². The van der Waals surface area contributed by atoms with Gasteiger partial charge in [0.1, 0.15) is 0 Å². The first-order valence-electron chi connectivity index (χ1n) is 10.1. The summed E-state index contributed by atoms with van der Waals surface area (Å²) in [7, 11) is 4.11. The maximum Gasteiger partial charge on any atom is 0.233 e. The first-order chi connectivity index (χ1) is 14.4. The van der Waals surface area contributed by atoms with Crippen LogP contribution in [0.5, 0.6) is 0 Å². The van der Waals surface area contributed by atoms with E-state index in [9.17, 15) is 10.2 Å². The zero-order valence-electron chi connectivity index (χ0n) is 17.6. The molecule has 4 N–H and O–H groups in total. The molecule has 0 bridgehead atoms. The number of aryl methyl sites for hydroxylation is 1. The van der Waals surface area contributed by atoms with Crippen LogP contribution >= 0.6 is 11.6 Å². The third-order valence-corrected chi connectivity index (χ3v) is 5.78. The van der Waals surface area contributed by atoms with Gasteiger partial charge in [-0.15, -0.1) is 0 Å². The minimum absolute atomic E-state index is 0.237. The molecule has 1 aliphatic rings. The molecule has 0 amide bonds. The number of anilines is 4. The molecule has 1 aromatic heterocycles. The summed E-state index contributed by atoms with van der Waals surface area (Å²) >= 11 is 6.24. The molecule has 1 aliphatic heterocycles. The summed E-state index contributed by atoms with van der Waals surface area (Å²) in [5, 5.41) is 25.6. The third-order valence-electron chi connectivity index (χ3n) is 5.38. The highest BCUT2D eigenvalue weighted by atomic mass is 35.5. The van der Waals surface area contributed by atoms with Gasteiger partial charge in [0.25, 0.3) is 0 Å². The summed E-state index contributed by atoms with van der Waals surface area (Å²) < 4.78 is 0. The number of likely N-dealkylation sites (tertiary alicyclic amines) is 1. The number of aromatic nitrogens is 3. The Morgan fingerprint density at radius 1 is 1.17 bits per heavy atom. The topological polar surface area (TPSA) is 110 Å². The zero-order valence-corrected chi connectivity index (χ0v) is 18.4. The van der Waals surface area contributed by atoms with E-state index in [2.05, 4.69) is 42.4 Å². The molecule has 0 radical (unpaired) electrons. The third kappa shape index (κ3) is 5.69. The van der Waals surface area contributed by atoms with Crippen LogP contribution in [-0.4, -0.2) is 82.5 Å². The molecule has 3 rings (SSSR count). The van der Waals surface area contributed by atoms with E-state index in [1.807, 2.05) is 32.2 Å². The molecule has 164 valence electrons. The van der Waals surface area contributed by atoms with Crippen molar-refractivity contribution in [3.63, 3.8) is 0 Å². The van der Waals surface area contributed by atoms with E-state index in [1.54, 1.807) is 0 Å². The second kappa shape index (κ2) is 10.2. The lowest BCUT2D eigenvalue weighted by atomic mass is 10.0. The van der Waals surface area contributed by atoms with Crippen LogP contribution in [0.15, 0.2) is 18.2 Å². The Hall–Kier alpha value is -2.20. The second-order valence-corrected chi connectivity index (χ2v) is 8.13. The Labute approximate surface area is 182 Å². The largest absolute Gasteiger partial charge is 0.394 e.